The highest BCUT2D eigenvalue weighted by molar-refractivity contribution is 5.79. The molecule has 1 saturated heterocycles. The zero-order valence-corrected chi connectivity index (χ0v) is 11.5. The van der Waals surface area contributed by atoms with Crippen molar-refractivity contribution in [3.05, 3.63) is 12.2 Å². The molecule has 0 bridgehead atoms. The Balaban J connectivity index is 1.98. The van der Waals surface area contributed by atoms with E-state index in [4.69, 9.17) is 0 Å². The van der Waals surface area contributed by atoms with Crippen LogP contribution in [0.4, 0.5) is 0 Å². The summed E-state index contributed by atoms with van der Waals surface area (Å²) in [6.07, 6.45) is 10.9. The maximum Gasteiger partial charge on any atom is 0.226 e. The summed E-state index contributed by atoms with van der Waals surface area (Å²) in [5.41, 5.74) is 0. The monoisotopic (exact) mass is 250 g/mol. The van der Waals surface area contributed by atoms with Crippen molar-refractivity contribution < 1.29 is 4.79 Å². The predicted octanol–water partition coefficient (Wildman–Crippen LogP) is 2.33. The lowest BCUT2D eigenvalue weighted by molar-refractivity contribution is -0.138. The molecule has 0 spiro atoms. The quantitative estimate of drug-likeness (QED) is 0.777. The molecule has 0 radical (unpaired) electrons. The highest BCUT2D eigenvalue weighted by Crippen LogP contribution is 2.23. The molecule has 3 heteroatoms. The van der Waals surface area contributed by atoms with Crippen LogP contribution >= 0.6 is 0 Å². The van der Waals surface area contributed by atoms with Gasteiger partial charge in [0.1, 0.15) is 0 Å². The first-order valence-electron chi connectivity index (χ1n) is 7.49. The molecular formula is C15H26N2O. The van der Waals surface area contributed by atoms with Gasteiger partial charge in [-0.1, -0.05) is 19.1 Å². The second-order valence-corrected chi connectivity index (χ2v) is 5.51. The minimum Gasteiger partial charge on any atom is -0.338 e. The molecule has 2 aliphatic rings. The molecule has 1 aliphatic carbocycles. The van der Waals surface area contributed by atoms with Crippen LogP contribution in [0.3, 0.4) is 0 Å². The molecule has 0 aromatic carbocycles. The number of amides is 1. The van der Waals surface area contributed by atoms with Crippen molar-refractivity contribution in [2.45, 2.75) is 51.5 Å². The summed E-state index contributed by atoms with van der Waals surface area (Å²) in [4.78, 5) is 14.8. The molecule has 1 amide bonds. The Labute approximate surface area is 111 Å². The Morgan fingerprint density at radius 1 is 1.39 bits per heavy atom. The van der Waals surface area contributed by atoms with E-state index in [-0.39, 0.29) is 5.92 Å². The number of piperidine rings is 1. The number of hydrogen-bond donors (Lipinski definition) is 1. The van der Waals surface area contributed by atoms with Gasteiger partial charge < -0.3 is 10.2 Å². The van der Waals surface area contributed by atoms with Crippen LogP contribution in [-0.4, -0.2) is 36.5 Å². The van der Waals surface area contributed by atoms with E-state index in [2.05, 4.69) is 29.3 Å². The summed E-state index contributed by atoms with van der Waals surface area (Å²) < 4.78 is 0. The van der Waals surface area contributed by atoms with Gasteiger partial charge in [-0.15, -0.1) is 0 Å². The molecule has 2 unspecified atom stereocenters. The van der Waals surface area contributed by atoms with Crippen LogP contribution in [0.2, 0.25) is 0 Å². The van der Waals surface area contributed by atoms with Gasteiger partial charge in [-0.2, -0.15) is 0 Å². The Morgan fingerprint density at radius 3 is 2.89 bits per heavy atom. The largest absolute Gasteiger partial charge is 0.338 e. The molecule has 2 rings (SSSR count). The fraction of sp³-hybridized carbons (Fsp3) is 0.800. The van der Waals surface area contributed by atoms with E-state index in [0.717, 1.165) is 45.3 Å². The standard InChI is InChI=1S/C15H26N2O/c1-2-11-17(14-9-6-10-16-12-14)15(18)13-7-4-3-5-8-13/h3-4,13-14,16H,2,5-12H2,1H3. The third-order valence-electron chi connectivity index (χ3n) is 4.08. The number of allylic oxidation sites excluding steroid dienone is 2. The van der Waals surface area contributed by atoms with Gasteiger partial charge in [0, 0.05) is 25.0 Å². The van der Waals surface area contributed by atoms with Crippen molar-refractivity contribution in [2.24, 2.45) is 5.92 Å². The van der Waals surface area contributed by atoms with Crippen molar-refractivity contribution in [1.82, 2.24) is 10.2 Å². The van der Waals surface area contributed by atoms with Crippen molar-refractivity contribution in [3.8, 4) is 0 Å². The Bertz CT molecular complexity index is 295. The number of carbonyl (C=O) groups is 1. The zero-order chi connectivity index (χ0) is 12.8. The maximum atomic E-state index is 12.7. The van der Waals surface area contributed by atoms with Gasteiger partial charge in [-0.25, -0.2) is 0 Å². The minimum absolute atomic E-state index is 0.239. The highest BCUT2D eigenvalue weighted by atomic mass is 16.2. The topological polar surface area (TPSA) is 32.3 Å². The molecule has 2 atom stereocenters. The van der Waals surface area contributed by atoms with Crippen LogP contribution < -0.4 is 5.32 Å². The van der Waals surface area contributed by atoms with Gasteiger partial charge in [0.25, 0.3) is 0 Å². The molecule has 1 heterocycles. The van der Waals surface area contributed by atoms with Crippen LogP contribution in [0, 0.1) is 5.92 Å². The SMILES string of the molecule is CCCN(C(=O)C1CC=CCC1)C1CCCNC1. The second kappa shape index (κ2) is 6.93. The maximum absolute atomic E-state index is 12.7. The molecule has 1 aliphatic heterocycles. The molecule has 18 heavy (non-hydrogen) atoms. The van der Waals surface area contributed by atoms with E-state index in [9.17, 15) is 4.79 Å². The summed E-state index contributed by atoms with van der Waals surface area (Å²) in [7, 11) is 0. The van der Waals surface area contributed by atoms with E-state index in [1.54, 1.807) is 0 Å². The van der Waals surface area contributed by atoms with Gasteiger partial charge in [-0.3, -0.25) is 4.79 Å². The molecular weight excluding hydrogens is 224 g/mol. The summed E-state index contributed by atoms with van der Waals surface area (Å²) in [6.45, 7) is 5.17. The van der Waals surface area contributed by atoms with E-state index in [1.807, 2.05) is 0 Å². The van der Waals surface area contributed by atoms with Crippen LogP contribution in [0.5, 0.6) is 0 Å². The Morgan fingerprint density at radius 2 is 2.28 bits per heavy atom. The van der Waals surface area contributed by atoms with Crippen molar-refractivity contribution >= 4 is 5.91 Å². The predicted molar refractivity (Wildman–Crippen MR) is 74.4 cm³/mol. The molecule has 0 saturated carbocycles. The number of nitrogens with zero attached hydrogens (tertiary/aromatic N) is 1. The van der Waals surface area contributed by atoms with E-state index < -0.39 is 0 Å². The molecule has 3 nitrogen and oxygen atoms in total. The molecule has 1 fully saturated rings. The number of hydrogen-bond acceptors (Lipinski definition) is 2. The molecule has 102 valence electrons. The third kappa shape index (κ3) is 3.35. The lowest BCUT2D eigenvalue weighted by atomic mass is 9.92. The van der Waals surface area contributed by atoms with Gasteiger partial charge in [0.05, 0.1) is 0 Å². The first kappa shape index (κ1) is 13.6. The van der Waals surface area contributed by atoms with Gasteiger partial charge in [0.15, 0.2) is 0 Å². The van der Waals surface area contributed by atoms with Crippen LogP contribution in [0.1, 0.15) is 45.4 Å². The number of carbonyl (C=O) groups excluding carboxylic acids is 1. The molecule has 0 aromatic heterocycles. The van der Waals surface area contributed by atoms with Crippen LogP contribution in [-0.2, 0) is 4.79 Å². The summed E-state index contributed by atoms with van der Waals surface area (Å²) in [6, 6.07) is 0.428. The van der Waals surface area contributed by atoms with E-state index >= 15 is 0 Å². The summed E-state index contributed by atoms with van der Waals surface area (Å²) in [5.74, 6) is 0.637. The van der Waals surface area contributed by atoms with E-state index in [0.29, 0.717) is 11.9 Å². The summed E-state index contributed by atoms with van der Waals surface area (Å²) >= 11 is 0. The average molecular weight is 250 g/mol. The Kier molecular flexibility index (Phi) is 5.24. The third-order valence-corrected chi connectivity index (χ3v) is 4.08. The van der Waals surface area contributed by atoms with Gasteiger partial charge in [-0.05, 0) is 45.1 Å². The fourth-order valence-corrected chi connectivity index (χ4v) is 3.07. The van der Waals surface area contributed by atoms with Gasteiger partial charge in [0.2, 0.25) is 5.91 Å². The second-order valence-electron chi connectivity index (χ2n) is 5.51. The first-order chi connectivity index (χ1) is 8.83. The number of nitrogens with one attached hydrogen (secondary N) is 1. The lowest BCUT2D eigenvalue weighted by Crippen LogP contribution is -2.50. The fourth-order valence-electron chi connectivity index (χ4n) is 3.07. The first-order valence-corrected chi connectivity index (χ1v) is 7.49. The minimum atomic E-state index is 0.239. The highest BCUT2D eigenvalue weighted by Gasteiger charge is 2.29. The Hall–Kier alpha value is -0.830. The zero-order valence-electron chi connectivity index (χ0n) is 11.5. The van der Waals surface area contributed by atoms with Gasteiger partial charge >= 0.3 is 0 Å². The van der Waals surface area contributed by atoms with Crippen molar-refractivity contribution in [2.75, 3.05) is 19.6 Å². The summed E-state index contributed by atoms with van der Waals surface area (Å²) in [5, 5.41) is 3.42. The van der Waals surface area contributed by atoms with Crippen molar-refractivity contribution in [3.63, 3.8) is 0 Å². The molecule has 0 aromatic rings. The van der Waals surface area contributed by atoms with Crippen LogP contribution in [0.25, 0.3) is 0 Å². The lowest BCUT2D eigenvalue weighted by Gasteiger charge is -2.37. The number of rotatable bonds is 4. The smallest absolute Gasteiger partial charge is 0.226 e. The van der Waals surface area contributed by atoms with Crippen molar-refractivity contribution in [1.29, 1.82) is 0 Å². The molecule has 1 N–H and O–H groups in total. The van der Waals surface area contributed by atoms with Crippen LogP contribution in [0.15, 0.2) is 12.2 Å². The van der Waals surface area contributed by atoms with E-state index in [1.165, 1.54) is 12.8 Å². The average Bonchev–Trinajstić information content (AvgIpc) is 2.46. The normalized spacial score (nSPS) is 28.1.